The summed E-state index contributed by atoms with van der Waals surface area (Å²) in [5, 5.41) is 0. The molecular weight excluding hydrogens is 276 g/mol. The van der Waals surface area contributed by atoms with Crippen LogP contribution in [-0.2, 0) is 6.42 Å². The molecule has 0 amide bonds. The number of benzene rings is 2. The highest BCUT2D eigenvalue weighted by Gasteiger charge is 2.14. The Morgan fingerprint density at radius 2 is 1.77 bits per heavy atom. The lowest BCUT2D eigenvalue weighted by molar-refractivity contribution is 0.0987. The summed E-state index contributed by atoms with van der Waals surface area (Å²) < 4.78 is 0. The van der Waals surface area contributed by atoms with Crippen molar-refractivity contribution in [1.29, 1.82) is 0 Å². The number of rotatable bonds is 3. The molecule has 0 radical (unpaired) electrons. The van der Waals surface area contributed by atoms with Gasteiger partial charge < -0.3 is 4.98 Å². The zero-order valence-corrected chi connectivity index (χ0v) is 12.5. The predicted molar refractivity (Wildman–Crippen MR) is 86.3 cm³/mol. The highest BCUT2D eigenvalue weighted by Crippen LogP contribution is 2.15. The summed E-state index contributed by atoms with van der Waals surface area (Å²) in [6.45, 7) is 3.95. The number of fused-ring (bicyclic) bond motifs is 1. The Hall–Kier alpha value is -2.75. The largest absolute Gasteiger partial charge is 0.319 e. The van der Waals surface area contributed by atoms with Gasteiger partial charge in [-0.2, -0.15) is 0 Å². The molecule has 0 bridgehead atoms. The number of ketones is 1. The summed E-state index contributed by atoms with van der Waals surface area (Å²) in [6.07, 6.45) is 0.174. The van der Waals surface area contributed by atoms with Crippen LogP contribution in [-0.4, -0.2) is 15.8 Å². The maximum atomic E-state index is 12.3. The molecule has 4 heteroatoms. The second-order valence-corrected chi connectivity index (χ2v) is 5.45. The molecule has 3 rings (SSSR count). The van der Waals surface area contributed by atoms with Crippen molar-refractivity contribution in [2.75, 3.05) is 0 Å². The van der Waals surface area contributed by atoms with E-state index < -0.39 is 5.56 Å². The Bertz CT molecular complexity index is 912. The van der Waals surface area contributed by atoms with Gasteiger partial charge in [-0.25, -0.2) is 4.98 Å². The third-order valence-electron chi connectivity index (χ3n) is 3.78. The van der Waals surface area contributed by atoms with E-state index >= 15 is 0 Å². The molecule has 0 aliphatic rings. The van der Waals surface area contributed by atoms with Crippen molar-refractivity contribution in [1.82, 2.24) is 9.97 Å². The van der Waals surface area contributed by atoms with Gasteiger partial charge >= 0.3 is 0 Å². The highest BCUT2D eigenvalue weighted by atomic mass is 16.1. The molecule has 0 spiro atoms. The number of hydrogen-bond donors (Lipinski definition) is 1. The molecule has 4 nitrogen and oxygen atoms in total. The second kappa shape index (κ2) is 5.56. The number of aromatic nitrogens is 2. The summed E-state index contributed by atoms with van der Waals surface area (Å²) >= 11 is 0. The fraction of sp³-hybridized carbons (Fsp3) is 0.167. The quantitative estimate of drug-likeness (QED) is 0.755. The lowest BCUT2D eigenvalue weighted by atomic mass is 10.1. The molecule has 1 heterocycles. The van der Waals surface area contributed by atoms with Crippen LogP contribution in [0.2, 0.25) is 0 Å². The second-order valence-electron chi connectivity index (χ2n) is 5.45. The Kier molecular flexibility index (Phi) is 3.59. The van der Waals surface area contributed by atoms with Gasteiger partial charge in [0.15, 0.2) is 11.5 Å². The van der Waals surface area contributed by atoms with Gasteiger partial charge in [-0.15, -0.1) is 0 Å². The van der Waals surface area contributed by atoms with Gasteiger partial charge in [0.2, 0.25) is 0 Å². The minimum absolute atomic E-state index is 0.0281. The Morgan fingerprint density at radius 3 is 2.50 bits per heavy atom. The first kappa shape index (κ1) is 14.2. The topological polar surface area (TPSA) is 62.8 Å². The van der Waals surface area contributed by atoms with Crippen molar-refractivity contribution in [3.8, 4) is 0 Å². The van der Waals surface area contributed by atoms with Crippen molar-refractivity contribution in [3.05, 3.63) is 75.2 Å². The van der Waals surface area contributed by atoms with Gasteiger partial charge in [0.1, 0.15) is 0 Å². The van der Waals surface area contributed by atoms with Crippen molar-refractivity contribution in [2.24, 2.45) is 0 Å². The molecule has 0 fully saturated rings. The summed E-state index contributed by atoms with van der Waals surface area (Å²) in [5.74, 6) is -0.271. The number of nitrogens with zero attached hydrogens (tertiary/aromatic N) is 1. The van der Waals surface area contributed by atoms with E-state index in [2.05, 4.69) is 9.97 Å². The average molecular weight is 292 g/mol. The minimum atomic E-state index is -0.434. The Balaban J connectivity index is 2.03. The number of Topliss-reactive ketones (excluding diaryl/α,β-unsaturated/α-hetero) is 1. The molecule has 0 unspecified atom stereocenters. The number of hydrogen-bond acceptors (Lipinski definition) is 3. The summed E-state index contributed by atoms with van der Waals surface area (Å²) in [4.78, 5) is 31.5. The first-order valence-electron chi connectivity index (χ1n) is 7.13. The molecule has 110 valence electrons. The lowest BCUT2D eigenvalue weighted by Gasteiger charge is -2.05. The molecule has 3 aromatic rings. The zero-order valence-electron chi connectivity index (χ0n) is 12.5. The normalized spacial score (nSPS) is 10.8. The zero-order chi connectivity index (χ0) is 15.7. The number of aromatic amines is 1. The molecular formula is C18H16N2O2. The molecule has 22 heavy (non-hydrogen) atoms. The van der Waals surface area contributed by atoms with Gasteiger partial charge in [-0.1, -0.05) is 30.3 Å². The summed E-state index contributed by atoms with van der Waals surface area (Å²) in [5.41, 5.74) is 3.86. The third kappa shape index (κ3) is 2.68. The van der Waals surface area contributed by atoms with Crippen LogP contribution in [0.4, 0.5) is 0 Å². The van der Waals surface area contributed by atoms with Gasteiger partial charge in [0.05, 0.1) is 11.0 Å². The van der Waals surface area contributed by atoms with Crippen LogP contribution in [0.3, 0.4) is 0 Å². The van der Waals surface area contributed by atoms with E-state index in [1.807, 2.05) is 56.3 Å². The number of aryl methyl sites for hydroxylation is 2. The van der Waals surface area contributed by atoms with Crippen LogP contribution in [0.5, 0.6) is 0 Å². The van der Waals surface area contributed by atoms with E-state index in [0.717, 1.165) is 16.7 Å². The monoisotopic (exact) mass is 292 g/mol. The van der Waals surface area contributed by atoms with Gasteiger partial charge in [0, 0.05) is 6.42 Å². The third-order valence-corrected chi connectivity index (χ3v) is 3.78. The number of carbonyl (C=O) groups is 1. The van der Waals surface area contributed by atoms with E-state index in [0.29, 0.717) is 11.0 Å². The minimum Gasteiger partial charge on any atom is -0.319 e. The average Bonchev–Trinajstić information content (AvgIpc) is 2.49. The van der Waals surface area contributed by atoms with E-state index in [4.69, 9.17) is 0 Å². The van der Waals surface area contributed by atoms with Crippen LogP contribution in [0.25, 0.3) is 11.0 Å². The van der Waals surface area contributed by atoms with Crippen LogP contribution in [0, 0.1) is 13.8 Å². The first-order valence-corrected chi connectivity index (χ1v) is 7.13. The highest BCUT2D eigenvalue weighted by molar-refractivity contribution is 5.96. The number of carbonyl (C=O) groups excluding carboxylic acids is 1. The van der Waals surface area contributed by atoms with Gasteiger partial charge in [0.25, 0.3) is 5.56 Å². The molecule has 0 atom stereocenters. The molecule has 0 saturated carbocycles. The lowest BCUT2D eigenvalue weighted by Crippen LogP contribution is -2.21. The Labute approximate surface area is 127 Å². The molecule has 0 aliphatic heterocycles. The van der Waals surface area contributed by atoms with Gasteiger partial charge in [-0.3, -0.25) is 9.59 Å². The number of H-pyrrole nitrogens is 1. The van der Waals surface area contributed by atoms with Crippen molar-refractivity contribution in [2.45, 2.75) is 20.3 Å². The first-order chi connectivity index (χ1) is 10.5. The van der Waals surface area contributed by atoms with Crippen LogP contribution >= 0.6 is 0 Å². The smallest absolute Gasteiger partial charge is 0.278 e. The number of nitrogens with one attached hydrogen (secondary N) is 1. The SMILES string of the molecule is Cc1cc2nc(C(=O)Cc3ccccc3)c(=O)[nH]c2cc1C. The van der Waals surface area contributed by atoms with Crippen molar-refractivity contribution >= 4 is 16.8 Å². The fourth-order valence-corrected chi connectivity index (χ4v) is 2.40. The standard InChI is InChI=1S/C18H16N2O2/c1-11-8-14-15(9-12(11)2)20-18(22)17(19-14)16(21)10-13-6-4-3-5-7-13/h3-9H,10H2,1-2H3,(H,20,22). The molecule has 0 saturated heterocycles. The fourth-order valence-electron chi connectivity index (χ4n) is 2.40. The van der Waals surface area contributed by atoms with Crippen LogP contribution in [0.15, 0.2) is 47.3 Å². The maximum Gasteiger partial charge on any atom is 0.278 e. The maximum absolute atomic E-state index is 12.3. The molecule has 0 aliphatic carbocycles. The van der Waals surface area contributed by atoms with Gasteiger partial charge in [-0.05, 0) is 42.7 Å². The van der Waals surface area contributed by atoms with Crippen molar-refractivity contribution < 1.29 is 4.79 Å². The van der Waals surface area contributed by atoms with E-state index in [1.165, 1.54) is 0 Å². The predicted octanol–water partition coefficient (Wildman–Crippen LogP) is 2.97. The van der Waals surface area contributed by atoms with E-state index in [1.54, 1.807) is 0 Å². The van der Waals surface area contributed by atoms with Crippen LogP contribution < -0.4 is 5.56 Å². The van der Waals surface area contributed by atoms with Crippen LogP contribution in [0.1, 0.15) is 27.2 Å². The molecule has 2 aromatic carbocycles. The summed E-state index contributed by atoms with van der Waals surface area (Å²) in [7, 11) is 0. The van der Waals surface area contributed by atoms with Crippen molar-refractivity contribution in [3.63, 3.8) is 0 Å². The molecule has 1 N–H and O–H groups in total. The van der Waals surface area contributed by atoms with E-state index in [9.17, 15) is 9.59 Å². The van der Waals surface area contributed by atoms with E-state index in [-0.39, 0.29) is 17.9 Å². The molecule has 1 aromatic heterocycles. The Morgan fingerprint density at radius 1 is 1.09 bits per heavy atom. The summed E-state index contributed by atoms with van der Waals surface area (Å²) in [6, 6.07) is 13.1.